The van der Waals surface area contributed by atoms with Crippen molar-refractivity contribution in [3.8, 4) is 0 Å². The lowest BCUT2D eigenvalue weighted by molar-refractivity contribution is -0.182. The van der Waals surface area contributed by atoms with E-state index in [2.05, 4.69) is 0 Å². The van der Waals surface area contributed by atoms with Crippen molar-refractivity contribution in [2.75, 3.05) is 18.8 Å². The molecule has 0 unspecified atom stereocenters. The molecule has 0 bridgehead atoms. The first-order chi connectivity index (χ1) is 9.64. The average molecular weight is 326 g/mol. The van der Waals surface area contributed by atoms with Gasteiger partial charge in [-0.2, -0.15) is 17.5 Å². The Kier molecular flexibility index (Phi) is 4.16. The lowest BCUT2D eigenvalue weighted by Crippen LogP contribution is -2.42. The summed E-state index contributed by atoms with van der Waals surface area (Å²) in [6.45, 7) is -0.611. The van der Waals surface area contributed by atoms with E-state index < -0.39 is 32.8 Å². The Morgan fingerprint density at radius 2 is 1.76 bits per heavy atom. The van der Waals surface area contributed by atoms with Crippen LogP contribution in [0.2, 0.25) is 0 Å². The Hall–Kier alpha value is -1.35. The maximum Gasteiger partial charge on any atom is 0.391 e. The third-order valence-corrected chi connectivity index (χ3v) is 5.50. The van der Waals surface area contributed by atoms with Crippen molar-refractivity contribution in [2.24, 2.45) is 5.92 Å². The largest absolute Gasteiger partial charge is 0.398 e. The van der Waals surface area contributed by atoms with Crippen LogP contribution in [0.15, 0.2) is 23.1 Å². The van der Waals surface area contributed by atoms with Crippen LogP contribution < -0.4 is 5.73 Å². The fourth-order valence-electron chi connectivity index (χ4n) is 2.35. The number of rotatable bonds is 2. The highest BCUT2D eigenvalue weighted by Crippen LogP contribution is 2.36. The molecule has 2 rings (SSSR count). The van der Waals surface area contributed by atoms with E-state index in [4.69, 9.17) is 5.73 Å². The minimum atomic E-state index is -4.34. The first-order valence-corrected chi connectivity index (χ1v) is 7.69. The summed E-state index contributed by atoms with van der Waals surface area (Å²) in [5.41, 5.74) is 5.23. The monoisotopic (exact) mass is 326 g/mol. The van der Waals surface area contributed by atoms with Gasteiger partial charge in [-0.25, -0.2) is 12.8 Å². The molecule has 0 amide bonds. The van der Waals surface area contributed by atoms with Crippen molar-refractivity contribution < 1.29 is 26.0 Å². The van der Waals surface area contributed by atoms with Gasteiger partial charge in [0.15, 0.2) is 0 Å². The third kappa shape index (κ3) is 3.13. The van der Waals surface area contributed by atoms with Gasteiger partial charge in [0, 0.05) is 13.1 Å². The smallest absolute Gasteiger partial charge is 0.391 e. The normalized spacial score (nSPS) is 18.9. The summed E-state index contributed by atoms with van der Waals surface area (Å²) >= 11 is 0. The number of halogens is 4. The maximum absolute atomic E-state index is 13.7. The van der Waals surface area contributed by atoms with Crippen molar-refractivity contribution in [1.82, 2.24) is 4.31 Å². The molecule has 0 spiro atoms. The molecule has 0 saturated carbocycles. The summed E-state index contributed by atoms with van der Waals surface area (Å²) in [6.07, 6.45) is -5.01. The Morgan fingerprint density at radius 3 is 2.24 bits per heavy atom. The number of sulfonamides is 1. The van der Waals surface area contributed by atoms with E-state index in [1.807, 2.05) is 0 Å². The zero-order valence-electron chi connectivity index (χ0n) is 10.9. The molecule has 1 heterocycles. The number of alkyl halides is 3. The summed E-state index contributed by atoms with van der Waals surface area (Å²) in [4.78, 5) is -0.671. The number of hydrogen-bond acceptors (Lipinski definition) is 3. The molecule has 0 aromatic heterocycles. The Balaban J connectivity index is 2.23. The minimum Gasteiger partial charge on any atom is -0.398 e. The molecule has 21 heavy (non-hydrogen) atoms. The predicted molar refractivity (Wildman–Crippen MR) is 68.4 cm³/mol. The molecule has 9 heteroatoms. The number of hydrogen-bond donors (Lipinski definition) is 1. The van der Waals surface area contributed by atoms with Gasteiger partial charge in [0.25, 0.3) is 0 Å². The van der Waals surface area contributed by atoms with Crippen LogP contribution in [0.4, 0.5) is 23.2 Å². The van der Waals surface area contributed by atoms with Gasteiger partial charge < -0.3 is 5.73 Å². The molecule has 2 N–H and O–H groups in total. The van der Waals surface area contributed by atoms with Crippen molar-refractivity contribution in [2.45, 2.75) is 23.9 Å². The molecule has 118 valence electrons. The molecule has 1 aliphatic rings. The van der Waals surface area contributed by atoms with Crippen molar-refractivity contribution in [3.05, 3.63) is 24.0 Å². The zero-order chi connectivity index (χ0) is 15.8. The van der Waals surface area contributed by atoms with Crippen LogP contribution in [0.25, 0.3) is 0 Å². The number of nitrogens with zero attached hydrogens (tertiary/aromatic N) is 1. The van der Waals surface area contributed by atoms with E-state index >= 15 is 0 Å². The number of piperidine rings is 1. The van der Waals surface area contributed by atoms with Crippen molar-refractivity contribution in [1.29, 1.82) is 0 Å². The number of anilines is 1. The highest BCUT2D eigenvalue weighted by molar-refractivity contribution is 7.89. The summed E-state index contributed by atoms with van der Waals surface area (Å²) in [6, 6.07) is 3.45. The quantitative estimate of drug-likeness (QED) is 0.670. The Labute approximate surface area is 119 Å². The Morgan fingerprint density at radius 1 is 1.19 bits per heavy atom. The van der Waals surface area contributed by atoms with E-state index in [9.17, 15) is 26.0 Å². The first kappa shape index (κ1) is 16.0. The van der Waals surface area contributed by atoms with Gasteiger partial charge in [-0.3, -0.25) is 0 Å². The van der Waals surface area contributed by atoms with Gasteiger partial charge in [0.05, 0.1) is 11.6 Å². The van der Waals surface area contributed by atoms with Crippen LogP contribution in [-0.4, -0.2) is 32.0 Å². The minimum absolute atomic E-state index is 0.257. The summed E-state index contributed by atoms with van der Waals surface area (Å²) < 4.78 is 76.9. The van der Waals surface area contributed by atoms with Crippen LogP contribution in [-0.2, 0) is 10.0 Å². The average Bonchev–Trinajstić information content (AvgIpc) is 2.37. The fourth-order valence-corrected chi connectivity index (χ4v) is 3.98. The van der Waals surface area contributed by atoms with E-state index in [-0.39, 0.29) is 31.6 Å². The van der Waals surface area contributed by atoms with E-state index in [0.717, 1.165) is 10.4 Å². The molecule has 1 fully saturated rings. The second kappa shape index (κ2) is 5.45. The van der Waals surface area contributed by atoms with E-state index in [1.54, 1.807) is 0 Å². The van der Waals surface area contributed by atoms with Crippen molar-refractivity contribution in [3.63, 3.8) is 0 Å². The molecule has 0 atom stereocenters. The first-order valence-electron chi connectivity index (χ1n) is 6.25. The standard InChI is InChI=1S/C12H14F4N2O2S/c13-9-2-1-3-10(17)11(9)21(19,20)18-6-4-8(5-7-18)12(14,15)16/h1-3,8H,4-7,17H2. The van der Waals surface area contributed by atoms with Crippen LogP contribution in [0.3, 0.4) is 0 Å². The summed E-state index contributed by atoms with van der Waals surface area (Å²) in [7, 11) is -4.23. The van der Waals surface area contributed by atoms with Gasteiger partial charge in [0.2, 0.25) is 10.0 Å². The molecule has 1 aliphatic heterocycles. The number of nitrogen functional groups attached to an aromatic ring is 1. The zero-order valence-corrected chi connectivity index (χ0v) is 11.7. The third-order valence-electron chi connectivity index (χ3n) is 3.51. The topological polar surface area (TPSA) is 63.4 Å². The SMILES string of the molecule is Nc1cccc(F)c1S(=O)(=O)N1CCC(C(F)(F)F)CC1. The van der Waals surface area contributed by atoms with Gasteiger partial charge in [-0.15, -0.1) is 0 Å². The van der Waals surface area contributed by atoms with Gasteiger partial charge in [0.1, 0.15) is 10.7 Å². The van der Waals surface area contributed by atoms with Crippen LogP contribution in [0.5, 0.6) is 0 Å². The van der Waals surface area contributed by atoms with E-state index in [1.165, 1.54) is 12.1 Å². The highest BCUT2D eigenvalue weighted by Gasteiger charge is 2.43. The lowest BCUT2D eigenvalue weighted by Gasteiger charge is -2.32. The molecular weight excluding hydrogens is 312 g/mol. The van der Waals surface area contributed by atoms with Crippen LogP contribution >= 0.6 is 0 Å². The van der Waals surface area contributed by atoms with Gasteiger partial charge in [-0.1, -0.05) is 6.07 Å². The number of nitrogens with two attached hydrogens (primary N) is 1. The van der Waals surface area contributed by atoms with Gasteiger partial charge in [-0.05, 0) is 25.0 Å². The van der Waals surface area contributed by atoms with Gasteiger partial charge >= 0.3 is 6.18 Å². The Bertz CT molecular complexity index is 602. The summed E-state index contributed by atoms with van der Waals surface area (Å²) in [5, 5.41) is 0. The highest BCUT2D eigenvalue weighted by atomic mass is 32.2. The molecule has 1 saturated heterocycles. The molecule has 0 aliphatic carbocycles. The summed E-state index contributed by atoms with van der Waals surface area (Å²) in [5.74, 6) is -2.53. The van der Waals surface area contributed by atoms with Crippen LogP contribution in [0.1, 0.15) is 12.8 Å². The van der Waals surface area contributed by atoms with Crippen LogP contribution in [0, 0.1) is 11.7 Å². The lowest BCUT2D eigenvalue weighted by atomic mass is 9.98. The molecule has 1 aromatic carbocycles. The predicted octanol–water partition coefficient (Wildman–Crippen LogP) is 2.37. The fraction of sp³-hybridized carbons (Fsp3) is 0.500. The second-order valence-corrected chi connectivity index (χ2v) is 6.75. The second-order valence-electron chi connectivity index (χ2n) is 4.88. The number of benzene rings is 1. The van der Waals surface area contributed by atoms with E-state index in [0.29, 0.717) is 0 Å². The molecule has 4 nitrogen and oxygen atoms in total. The molecule has 1 aromatic rings. The maximum atomic E-state index is 13.7. The van der Waals surface area contributed by atoms with Crippen molar-refractivity contribution >= 4 is 15.7 Å². The molecular formula is C12H14F4N2O2S. The molecule has 0 radical (unpaired) electrons.